The minimum atomic E-state index is -0.941. The second-order valence-corrected chi connectivity index (χ2v) is 7.18. The van der Waals surface area contributed by atoms with Crippen LogP contribution in [0.5, 0.6) is 11.5 Å². The maximum atomic E-state index is 12.0. The number of carbonyl (C=O) groups is 2. The molecule has 148 valence electrons. The smallest absolute Gasteiger partial charge is 0.279 e. The number of nitro groups is 1. The second kappa shape index (κ2) is 10.0. The zero-order valence-electron chi connectivity index (χ0n) is 14.5. The number of nitrogens with zero attached hydrogens (tertiary/aromatic N) is 1. The van der Waals surface area contributed by atoms with Crippen LogP contribution in [0.4, 0.5) is 5.69 Å². The van der Waals surface area contributed by atoms with Crippen LogP contribution in [0, 0.1) is 10.1 Å². The van der Waals surface area contributed by atoms with Crippen LogP contribution in [-0.2, 0) is 9.59 Å². The number of hydrazine groups is 1. The number of rotatable bonds is 7. The first-order valence-electron chi connectivity index (χ1n) is 7.84. The minimum absolute atomic E-state index is 0.0888. The molecular formula is C17H15Br2N3O6. The van der Waals surface area contributed by atoms with Gasteiger partial charge in [0.2, 0.25) is 0 Å². The first-order chi connectivity index (χ1) is 13.3. The number of amides is 2. The monoisotopic (exact) mass is 515 g/mol. The number of non-ortho nitro benzene ring substituents is 1. The molecule has 2 amide bonds. The van der Waals surface area contributed by atoms with E-state index < -0.39 is 22.8 Å². The average molecular weight is 517 g/mol. The van der Waals surface area contributed by atoms with Gasteiger partial charge >= 0.3 is 0 Å². The molecule has 0 aliphatic carbocycles. The summed E-state index contributed by atoms with van der Waals surface area (Å²) in [6, 6.07) is 10.5. The van der Waals surface area contributed by atoms with Crippen molar-refractivity contribution >= 4 is 49.4 Å². The van der Waals surface area contributed by atoms with Gasteiger partial charge in [-0.1, -0.05) is 15.9 Å². The van der Waals surface area contributed by atoms with E-state index in [0.29, 0.717) is 10.2 Å². The molecule has 0 bridgehead atoms. The summed E-state index contributed by atoms with van der Waals surface area (Å²) in [6.07, 6.45) is -0.941. The molecule has 1 atom stereocenters. The number of nitrogens with one attached hydrogen (secondary N) is 2. The third kappa shape index (κ3) is 6.50. The Morgan fingerprint density at radius 1 is 1.14 bits per heavy atom. The fraction of sp³-hybridized carbons (Fsp3) is 0.176. The zero-order valence-corrected chi connectivity index (χ0v) is 17.7. The van der Waals surface area contributed by atoms with E-state index in [9.17, 15) is 19.7 Å². The summed E-state index contributed by atoms with van der Waals surface area (Å²) in [7, 11) is 0. The molecule has 1 unspecified atom stereocenters. The van der Waals surface area contributed by atoms with Gasteiger partial charge in [-0.2, -0.15) is 0 Å². The number of benzene rings is 2. The Hall–Kier alpha value is -2.66. The van der Waals surface area contributed by atoms with Crippen molar-refractivity contribution in [2.75, 3.05) is 6.61 Å². The quantitative estimate of drug-likeness (QED) is 0.431. The highest BCUT2D eigenvalue weighted by molar-refractivity contribution is 9.11. The predicted octanol–water partition coefficient (Wildman–Crippen LogP) is 3.11. The molecule has 0 radical (unpaired) electrons. The summed E-state index contributed by atoms with van der Waals surface area (Å²) in [5.74, 6) is -0.412. The SMILES string of the molecule is CC(Oc1ccc([N+](=O)[O-])cc1)C(=O)NNC(=O)COc1ccc(Br)cc1Br. The van der Waals surface area contributed by atoms with Gasteiger partial charge in [-0.3, -0.25) is 30.6 Å². The summed E-state index contributed by atoms with van der Waals surface area (Å²) in [6.45, 7) is 1.16. The molecule has 0 aliphatic heterocycles. The third-order valence-electron chi connectivity index (χ3n) is 3.31. The molecule has 2 aromatic rings. The van der Waals surface area contributed by atoms with Gasteiger partial charge in [-0.05, 0) is 53.2 Å². The maximum Gasteiger partial charge on any atom is 0.279 e. The maximum absolute atomic E-state index is 12.0. The van der Waals surface area contributed by atoms with Gasteiger partial charge in [0.15, 0.2) is 12.7 Å². The van der Waals surface area contributed by atoms with Crippen molar-refractivity contribution in [2.24, 2.45) is 0 Å². The molecule has 0 fully saturated rings. The normalized spacial score (nSPS) is 11.2. The summed E-state index contributed by atoms with van der Waals surface area (Å²) in [4.78, 5) is 33.9. The van der Waals surface area contributed by atoms with Crippen LogP contribution in [0.2, 0.25) is 0 Å². The number of carbonyl (C=O) groups excluding carboxylic acids is 2. The lowest BCUT2D eigenvalue weighted by Gasteiger charge is -2.15. The Bertz CT molecular complexity index is 876. The fourth-order valence-corrected chi connectivity index (χ4v) is 3.07. The molecule has 2 aromatic carbocycles. The van der Waals surface area contributed by atoms with Crippen LogP contribution < -0.4 is 20.3 Å². The van der Waals surface area contributed by atoms with Crippen molar-refractivity contribution in [1.29, 1.82) is 0 Å². The predicted molar refractivity (Wildman–Crippen MR) is 107 cm³/mol. The molecule has 0 saturated heterocycles. The zero-order chi connectivity index (χ0) is 20.7. The van der Waals surface area contributed by atoms with Crippen molar-refractivity contribution < 1.29 is 24.0 Å². The van der Waals surface area contributed by atoms with E-state index in [4.69, 9.17) is 9.47 Å². The highest BCUT2D eigenvalue weighted by atomic mass is 79.9. The number of halogens is 2. The summed E-state index contributed by atoms with van der Waals surface area (Å²) in [5.41, 5.74) is 4.35. The molecule has 28 heavy (non-hydrogen) atoms. The van der Waals surface area contributed by atoms with Gasteiger partial charge in [0.1, 0.15) is 11.5 Å². The van der Waals surface area contributed by atoms with Gasteiger partial charge < -0.3 is 9.47 Å². The van der Waals surface area contributed by atoms with Crippen molar-refractivity contribution in [1.82, 2.24) is 10.9 Å². The highest BCUT2D eigenvalue weighted by Crippen LogP contribution is 2.28. The van der Waals surface area contributed by atoms with Gasteiger partial charge in [0.05, 0.1) is 9.40 Å². The van der Waals surface area contributed by atoms with Crippen LogP contribution in [0.3, 0.4) is 0 Å². The molecule has 0 heterocycles. The van der Waals surface area contributed by atoms with Crippen LogP contribution in [0.1, 0.15) is 6.92 Å². The molecule has 0 aliphatic rings. The molecule has 0 saturated carbocycles. The van der Waals surface area contributed by atoms with Crippen LogP contribution in [-0.4, -0.2) is 29.4 Å². The Morgan fingerprint density at radius 3 is 2.43 bits per heavy atom. The van der Waals surface area contributed by atoms with Crippen molar-refractivity contribution in [3.05, 3.63) is 61.5 Å². The number of nitro benzene ring substituents is 1. The Kier molecular flexibility index (Phi) is 7.76. The van der Waals surface area contributed by atoms with Crippen molar-refractivity contribution in [3.8, 4) is 11.5 Å². The van der Waals surface area contributed by atoms with Crippen LogP contribution in [0.25, 0.3) is 0 Å². The van der Waals surface area contributed by atoms with Gasteiger partial charge in [-0.15, -0.1) is 0 Å². The van der Waals surface area contributed by atoms with E-state index in [1.54, 1.807) is 18.2 Å². The Labute approximate surface area is 176 Å². The van der Waals surface area contributed by atoms with Crippen LogP contribution in [0.15, 0.2) is 51.4 Å². The Balaban J connectivity index is 1.77. The molecule has 11 heteroatoms. The molecule has 0 aromatic heterocycles. The average Bonchev–Trinajstić information content (AvgIpc) is 2.65. The molecule has 9 nitrogen and oxygen atoms in total. The van der Waals surface area contributed by atoms with E-state index in [1.165, 1.54) is 31.2 Å². The Morgan fingerprint density at radius 2 is 1.82 bits per heavy atom. The number of hydrogen-bond donors (Lipinski definition) is 2. The van der Waals surface area contributed by atoms with Gasteiger partial charge in [0.25, 0.3) is 17.5 Å². The van der Waals surface area contributed by atoms with E-state index in [0.717, 1.165) is 4.47 Å². The summed E-state index contributed by atoms with van der Waals surface area (Å²) < 4.78 is 12.2. The fourth-order valence-electron chi connectivity index (χ4n) is 1.91. The van der Waals surface area contributed by atoms with Crippen molar-refractivity contribution in [2.45, 2.75) is 13.0 Å². The van der Waals surface area contributed by atoms with Crippen molar-refractivity contribution in [3.63, 3.8) is 0 Å². The van der Waals surface area contributed by atoms with E-state index in [-0.39, 0.29) is 18.0 Å². The minimum Gasteiger partial charge on any atom is -0.483 e. The molecule has 2 N–H and O–H groups in total. The largest absolute Gasteiger partial charge is 0.483 e. The summed E-state index contributed by atoms with van der Waals surface area (Å²) >= 11 is 6.62. The first-order valence-corrected chi connectivity index (χ1v) is 9.42. The molecular weight excluding hydrogens is 502 g/mol. The van der Waals surface area contributed by atoms with E-state index >= 15 is 0 Å². The van der Waals surface area contributed by atoms with E-state index in [1.807, 2.05) is 0 Å². The second-order valence-electron chi connectivity index (χ2n) is 5.41. The lowest BCUT2D eigenvalue weighted by atomic mass is 10.3. The lowest BCUT2D eigenvalue weighted by Crippen LogP contribution is -2.48. The third-order valence-corrected chi connectivity index (χ3v) is 4.42. The molecule has 2 rings (SSSR count). The standard InChI is InChI=1S/C17H15Br2N3O6/c1-10(28-13-5-3-12(4-6-13)22(25)26)17(24)21-20-16(23)9-27-15-7-2-11(18)8-14(15)19/h2-8,10H,9H2,1H3,(H,20,23)(H,21,24). The van der Waals surface area contributed by atoms with Gasteiger partial charge in [0, 0.05) is 16.6 Å². The van der Waals surface area contributed by atoms with E-state index in [2.05, 4.69) is 42.7 Å². The van der Waals surface area contributed by atoms with Crippen LogP contribution >= 0.6 is 31.9 Å². The number of ether oxygens (including phenoxy) is 2. The topological polar surface area (TPSA) is 120 Å². The highest BCUT2D eigenvalue weighted by Gasteiger charge is 2.16. The van der Waals surface area contributed by atoms with Gasteiger partial charge in [-0.25, -0.2) is 0 Å². The lowest BCUT2D eigenvalue weighted by molar-refractivity contribution is -0.384. The summed E-state index contributed by atoms with van der Waals surface area (Å²) in [5, 5.41) is 10.6. The number of hydrogen-bond acceptors (Lipinski definition) is 6. The first kappa shape index (κ1) is 21.6. The molecule has 0 spiro atoms.